The Morgan fingerprint density at radius 3 is 2.55 bits per heavy atom. The largest absolute Gasteiger partial charge is 0.497 e. The van der Waals surface area contributed by atoms with E-state index in [0.717, 1.165) is 15.9 Å². The number of H-pyrrole nitrogens is 2. The molecule has 0 atom stereocenters. The maximum Gasteiger partial charge on any atom is 0.329 e. The number of benzene rings is 1. The number of hydrogen-bond acceptors (Lipinski definition) is 4. The number of hydrogen-bond donors (Lipinski definition) is 2. The summed E-state index contributed by atoms with van der Waals surface area (Å²) in [7, 11) is 3.01. The van der Waals surface area contributed by atoms with Crippen LogP contribution < -0.4 is 16.0 Å². The van der Waals surface area contributed by atoms with E-state index in [0.29, 0.717) is 11.1 Å². The second-order valence-corrected chi connectivity index (χ2v) is 4.35. The summed E-state index contributed by atoms with van der Waals surface area (Å²) in [6, 6.07) is 7.21. The standard InChI is InChI=1S/C13H12N4O3/c1-17-12(18)9-10(15-16-11(9)14-13(17)19)7-3-5-8(20-2)6-4-7/h3-6H,1-2H3,(H2,14,15,16,19). The van der Waals surface area contributed by atoms with Crippen LogP contribution in [0, 0.1) is 0 Å². The lowest BCUT2D eigenvalue weighted by molar-refractivity contribution is 0.415. The van der Waals surface area contributed by atoms with Crippen molar-refractivity contribution in [3.05, 3.63) is 45.1 Å². The third kappa shape index (κ3) is 1.71. The van der Waals surface area contributed by atoms with Crippen molar-refractivity contribution in [3.63, 3.8) is 0 Å². The van der Waals surface area contributed by atoms with E-state index in [1.165, 1.54) is 7.05 Å². The summed E-state index contributed by atoms with van der Waals surface area (Å²) in [6.07, 6.45) is 0. The minimum atomic E-state index is -0.490. The van der Waals surface area contributed by atoms with Gasteiger partial charge in [-0.3, -0.25) is 19.4 Å². The molecule has 0 aliphatic heterocycles. The molecule has 0 aliphatic carbocycles. The maximum atomic E-state index is 12.2. The van der Waals surface area contributed by atoms with E-state index in [9.17, 15) is 9.59 Å². The average Bonchev–Trinajstić information content (AvgIpc) is 2.88. The smallest absolute Gasteiger partial charge is 0.329 e. The van der Waals surface area contributed by atoms with Gasteiger partial charge in [0.25, 0.3) is 5.56 Å². The van der Waals surface area contributed by atoms with Crippen LogP contribution in [0.15, 0.2) is 33.9 Å². The Labute approximate surface area is 112 Å². The van der Waals surface area contributed by atoms with Crippen molar-refractivity contribution in [1.82, 2.24) is 19.7 Å². The highest BCUT2D eigenvalue weighted by Gasteiger charge is 2.14. The fourth-order valence-corrected chi connectivity index (χ4v) is 2.05. The number of ether oxygens (including phenoxy) is 1. The molecule has 2 N–H and O–H groups in total. The van der Waals surface area contributed by atoms with Crippen LogP contribution in [-0.4, -0.2) is 26.9 Å². The highest BCUT2D eigenvalue weighted by molar-refractivity contribution is 5.89. The summed E-state index contributed by atoms with van der Waals surface area (Å²) in [5.74, 6) is 0.721. The van der Waals surface area contributed by atoms with Gasteiger partial charge < -0.3 is 4.74 Å². The van der Waals surface area contributed by atoms with Gasteiger partial charge in [0.05, 0.1) is 12.8 Å². The lowest BCUT2D eigenvalue weighted by Crippen LogP contribution is -2.32. The highest BCUT2D eigenvalue weighted by atomic mass is 16.5. The van der Waals surface area contributed by atoms with Crippen molar-refractivity contribution >= 4 is 11.0 Å². The molecular weight excluding hydrogens is 260 g/mol. The van der Waals surface area contributed by atoms with Crippen LogP contribution in [0.5, 0.6) is 5.75 Å². The lowest BCUT2D eigenvalue weighted by atomic mass is 10.1. The van der Waals surface area contributed by atoms with Crippen LogP contribution in [0.1, 0.15) is 0 Å². The fourth-order valence-electron chi connectivity index (χ4n) is 2.05. The molecule has 0 bridgehead atoms. The van der Waals surface area contributed by atoms with Gasteiger partial charge in [-0.15, -0.1) is 0 Å². The van der Waals surface area contributed by atoms with Gasteiger partial charge in [-0.05, 0) is 24.3 Å². The summed E-state index contributed by atoms with van der Waals surface area (Å²) < 4.78 is 6.11. The van der Waals surface area contributed by atoms with Gasteiger partial charge in [0.1, 0.15) is 11.1 Å². The molecule has 7 heteroatoms. The zero-order chi connectivity index (χ0) is 14.3. The first-order valence-corrected chi connectivity index (χ1v) is 5.93. The molecular formula is C13H12N4O3. The molecule has 3 aromatic rings. The first kappa shape index (κ1) is 12.2. The zero-order valence-electron chi connectivity index (χ0n) is 10.9. The van der Waals surface area contributed by atoms with Gasteiger partial charge in [0, 0.05) is 12.6 Å². The summed E-state index contributed by atoms with van der Waals surface area (Å²) >= 11 is 0. The third-order valence-corrected chi connectivity index (χ3v) is 3.19. The maximum absolute atomic E-state index is 12.2. The van der Waals surface area contributed by atoms with Crippen LogP contribution in [-0.2, 0) is 7.05 Å². The van der Waals surface area contributed by atoms with Crippen molar-refractivity contribution in [2.45, 2.75) is 0 Å². The third-order valence-electron chi connectivity index (χ3n) is 3.19. The second-order valence-electron chi connectivity index (χ2n) is 4.35. The van der Waals surface area contributed by atoms with E-state index >= 15 is 0 Å². The molecule has 2 heterocycles. The monoisotopic (exact) mass is 272 g/mol. The molecule has 102 valence electrons. The topological polar surface area (TPSA) is 92.8 Å². The van der Waals surface area contributed by atoms with Crippen LogP contribution in [0.3, 0.4) is 0 Å². The van der Waals surface area contributed by atoms with E-state index in [2.05, 4.69) is 15.2 Å². The van der Waals surface area contributed by atoms with Gasteiger partial charge in [0.15, 0.2) is 5.65 Å². The molecule has 2 aromatic heterocycles. The normalized spacial score (nSPS) is 10.9. The number of aromatic amines is 2. The minimum absolute atomic E-state index is 0.254. The molecule has 0 radical (unpaired) electrons. The predicted octanol–water partition coefficient (Wildman–Crippen LogP) is 0.625. The summed E-state index contributed by atoms with van der Waals surface area (Å²) in [5.41, 5.74) is 0.736. The van der Waals surface area contributed by atoms with E-state index < -0.39 is 5.69 Å². The first-order valence-electron chi connectivity index (χ1n) is 5.93. The molecule has 0 fully saturated rings. The van der Waals surface area contributed by atoms with E-state index in [1.54, 1.807) is 19.2 Å². The average molecular weight is 272 g/mol. The number of fused-ring (bicyclic) bond motifs is 1. The van der Waals surface area contributed by atoms with Crippen LogP contribution in [0.2, 0.25) is 0 Å². The molecule has 0 spiro atoms. The van der Waals surface area contributed by atoms with Gasteiger partial charge >= 0.3 is 5.69 Å². The molecule has 0 saturated heterocycles. The number of methoxy groups -OCH3 is 1. The Morgan fingerprint density at radius 1 is 1.20 bits per heavy atom. The van der Waals surface area contributed by atoms with E-state index in [-0.39, 0.29) is 11.2 Å². The Hall–Kier alpha value is -2.83. The van der Waals surface area contributed by atoms with Crippen molar-refractivity contribution < 1.29 is 4.74 Å². The highest BCUT2D eigenvalue weighted by Crippen LogP contribution is 2.24. The van der Waals surface area contributed by atoms with Gasteiger partial charge in [-0.1, -0.05) is 0 Å². The van der Waals surface area contributed by atoms with Crippen LogP contribution >= 0.6 is 0 Å². The summed E-state index contributed by atoms with van der Waals surface area (Å²) in [5, 5.41) is 7.12. The minimum Gasteiger partial charge on any atom is -0.497 e. The Kier molecular flexibility index (Phi) is 2.67. The number of aromatic nitrogens is 4. The van der Waals surface area contributed by atoms with Crippen LogP contribution in [0.25, 0.3) is 22.3 Å². The van der Waals surface area contributed by atoms with Crippen molar-refractivity contribution in [3.8, 4) is 17.0 Å². The number of rotatable bonds is 2. The van der Waals surface area contributed by atoms with Gasteiger partial charge in [0.2, 0.25) is 0 Å². The van der Waals surface area contributed by atoms with Crippen molar-refractivity contribution in [1.29, 1.82) is 0 Å². The first-order chi connectivity index (χ1) is 9.61. The van der Waals surface area contributed by atoms with E-state index in [4.69, 9.17) is 4.74 Å². The summed E-state index contributed by atoms with van der Waals surface area (Å²) in [4.78, 5) is 26.3. The molecule has 0 amide bonds. The Bertz CT molecular complexity index is 887. The molecule has 0 unspecified atom stereocenters. The molecule has 20 heavy (non-hydrogen) atoms. The SMILES string of the molecule is COc1ccc(-c2[nH]nc3[nH]c(=O)n(C)c(=O)c23)cc1. The quantitative estimate of drug-likeness (QED) is 0.715. The molecule has 3 rings (SSSR count). The number of nitrogens with zero attached hydrogens (tertiary/aromatic N) is 2. The van der Waals surface area contributed by atoms with Crippen molar-refractivity contribution in [2.24, 2.45) is 7.05 Å². The molecule has 0 aliphatic rings. The summed E-state index contributed by atoms with van der Waals surface area (Å²) in [6.45, 7) is 0. The molecule has 0 saturated carbocycles. The lowest BCUT2D eigenvalue weighted by Gasteiger charge is -2.02. The zero-order valence-corrected chi connectivity index (χ0v) is 10.9. The van der Waals surface area contributed by atoms with Gasteiger partial charge in [-0.2, -0.15) is 5.10 Å². The Balaban J connectivity index is 2.29. The Morgan fingerprint density at radius 2 is 1.90 bits per heavy atom. The van der Waals surface area contributed by atoms with Crippen LogP contribution in [0.4, 0.5) is 0 Å². The van der Waals surface area contributed by atoms with Gasteiger partial charge in [-0.25, -0.2) is 4.79 Å². The van der Waals surface area contributed by atoms with E-state index in [1.807, 2.05) is 12.1 Å². The number of nitrogens with one attached hydrogen (secondary N) is 2. The predicted molar refractivity (Wildman–Crippen MR) is 73.9 cm³/mol. The second kappa shape index (κ2) is 4.37. The fraction of sp³-hybridized carbons (Fsp3) is 0.154. The van der Waals surface area contributed by atoms with Crippen molar-refractivity contribution in [2.75, 3.05) is 7.11 Å². The molecule has 1 aromatic carbocycles. The molecule has 7 nitrogen and oxygen atoms in total.